The lowest BCUT2D eigenvalue weighted by Gasteiger charge is -2.21. The van der Waals surface area contributed by atoms with Crippen LogP contribution in [-0.4, -0.2) is 30.9 Å². The minimum absolute atomic E-state index is 0.0105. The maximum Gasteiger partial charge on any atom is 0.262 e. The van der Waals surface area contributed by atoms with Crippen LogP contribution in [0.1, 0.15) is 28.1 Å². The number of thiophene rings is 1. The summed E-state index contributed by atoms with van der Waals surface area (Å²) in [5.41, 5.74) is 0.796. The van der Waals surface area contributed by atoms with Gasteiger partial charge in [0, 0.05) is 25.2 Å². The molecule has 8 heteroatoms. The molecule has 2 N–H and O–H groups in total. The number of nitrogens with one attached hydrogen (secondary N) is 2. The predicted octanol–water partition coefficient (Wildman–Crippen LogP) is 4.61. The molecule has 2 aromatic carbocycles. The van der Waals surface area contributed by atoms with Crippen molar-refractivity contribution in [3.05, 3.63) is 82.1 Å². The third-order valence-corrected chi connectivity index (χ3v) is 6.22. The Morgan fingerprint density at radius 1 is 1.00 bits per heavy atom. The van der Waals surface area contributed by atoms with Crippen LogP contribution in [0.2, 0.25) is 0 Å². The maximum absolute atomic E-state index is 14.7. The molecule has 3 aromatic rings. The van der Waals surface area contributed by atoms with Gasteiger partial charge in [-0.1, -0.05) is 36.4 Å². The van der Waals surface area contributed by atoms with Crippen molar-refractivity contribution in [2.75, 3.05) is 23.3 Å². The van der Waals surface area contributed by atoms with Gasteiger partial charge in [0.25, 0.3) is 5.91 Å². The van der Waals surface area contributed by atoms with Crippen molar-refractivity contribution in [3.63, 3.8) is 0 Å². The number of hydrogen-bond donors (Lipinski definition) is 2. The molecule has 0 bridgehead atoms. The van der Waals surface area contributed by atoms with Crippen LogP contribution < -0.4 is 15.5 Å². The van der Waals surface area contributed by atoms with Crippen LogP contribution in [0.25, 0.3) is 0 Å². The molecule has 0 spiro atoms. The molecule has 166 valence electrons. The number of amides is 2. The van der Waals surface area contributed by atoms with E-state index in [-0.39, 0.29) is 23.7 Å². The van der Waals surface area contributed by atoms with Gasteiger partial charge in [-0.2, -0.15) is 0 Å². The molecule has 0 radical (unpaired) electrons. The third kappa shape index (κ3) is 5.13. The fraction of sp³-hybridized carbons (Fsp3) is 0.250. The Labute approximate surface area is 189 Å². The summed E-state index contributed by atoms with van der Waals surface area (Å²) in [6, 6.07) is 14.0. The topological polar surface area (TPSA) is 61.4 Å². The van der Waals surface area contributed by atoms with Crippen molar-refractivity contribution in [1.29, 1.82) is 0 Å². The summed E-state index contributed by atoms with van der Waals surface area (Å²) in [5.74, 6) is -2.36. The number of benzene rings is 2. The summed E-state index contributed by atoms with van der Waals surface area (Å²) in [6.07, 6.45) is 2.02. The Balaban J connectivity index is 1.53. The van der Waals surface area contributed by atoms with Crippen LogP contribution in [0.3, 0.4) is 0 Å². The Kier molecular flexibility index (Phi) is 6.80. The van der Waals surface area contributed by atoms with E-state index >= 15 is 0 Å². The summed E-state index contributed by atoms with van der Waals surface area (Å²) in [5, 5.41) is 7.07. The van der Waals surface area contributed by atoms with E-state index in [1.54, 1.807) is 22.4 Å². The number of nitrogens with zero attached hydrogens (tertiary/aromatic N) is 1. The fourth-order valence-electron chi connectivity index (χ4n) is 3.81. The van der Waals surface area contributed by atoms with Crippen molar-refractivity contribution < 1.29 is 18.4 Å². The molecule has 2 heterocycles. The number of anilines is 2. The summed E-state index contributed by atoms with van der Waals surface area (Å²) >= 11 is 1.26. The lowest BCUT2D eigenvalue weighted by Crippen LogP contribution is -2.45. The molecule has 1 aliphatic rings. The SMILES string of the molecule is O=C(NC(Cc1ccccc1)C(=O)Nc1cc(F)c(N2CCCC2)c(F)c1)c1cccs1. The highest BCUT2D eigenvalue weighted by Gasteiger charge is 2.25. The second-order valence-corrected chi connectivity index (χ2v) is 8.61. The smallest absolute Gasteiger partial charge is 0.262 e. The van der Waals surface area contributed by atoms with Crippen LogP contribution >= 0.6 is 11.3 Å². The zero-order valence-electron chi connectivity index (χ0n) is 17.3. The molecule has 2 amide bonds. The van der Waals surface area contributed by atoms with E-state index in [9.17, 15) is 18.4 Å². The Bertz CT molecular complexity index is 1060. The minimum atomic E-state index is -0.920. The molecule has 1 atom stereocenters. The molecule has 1 aliphatic heterocycles. The van der Waals surface area contributed by atoms with Gasteiger partial charge >= 0.3 is 0 Å². The third-order valence-electron chi connectivity index (χ3n) is 5.36. The normalized spacial score (nSPS) is 14.2. The first-order valence-corrected chi connectivity index (χ1v) is 11.3. The first-order valence-electron chi connectivity index (χ1n) is 10.4. The van der Waals surface area contributed by atoms with E-state index in [1.165, 1.54) is 11.3 Å². The van der Waals surface area contributed by atoms with E-state index < -0.39 is 23.6 Å². The van der Waals surface area contributed by atoms with Crippen LogP contribution in [0.15, 0.2) is 60.0 Å². The van der Waals surface area contributed by atoms with Crippen LogP contribution in [-0.2, 0) is 11.2 Å². The molecule has 5 nitrogen and oxygen atoms in total. The molecule has 4 rings (SSSR count). The number of hydrogen-bond acceptors (Lipinski definition) is 4. The molecule has 0 saturated carbocycles. The molecule has 1 fully saturated rings. The zero-order chi connectivity index (χ0) is 22.5. The van der Waals surface area contributed by atoms with E-state index in [1.807, 2.05) is 30.3 Å². The largest absolute Gasteiger partial charge is 0.367 e. The minimum Gasteiger partial charge on any atom is -0.367 e. The average Bonchev–Trinajstić information content (AvgIpc) is 3.48. The Morgan fingerprint density at radius 3 is 2.31 bits per heavy atom. The molecule has 1 unspecified atom stereocenters. The summed E-state index contributed by atoms with van der Waals surface area (Å²) < 4.78 is 29.3. The van der Waals surface area contributed by atoms with E-state index in [4.69, 9.17) is 0 Å². The number of halogens is 2. The lowest BCUT2D eigenvalue weighted by molar-refractivity contribution is -0.118. The standard InChI is InChI=1S/C24H23F2N3O2S/c25-18-14-17(15-19(26)22(18)29-10-4-5-11-29)27-23(30)20(13-16-7-2-1-3-8-16)28-24(31)21-9-6-12-32-21/h1-3,6-9,12,14-15,20H,4-5,10-11,13H2,(H,27,30)(H,28,31). The second-order valence-electron chi connectivity index (χ2n) is 7.66. The fourth-order valence-corrected chi connectivity index (χ4v) is 4.43. The van der Waals surface area contributed by atoms with Gasteiger partial charge in [-0.15, -0.1) is 11.3 Å². The molecule has 1 aromatic heterocycles. The van der Waals surface area contributed by atoms with Gasteiger partial charge in [-0.25, -0.2) is 8.78 Å². The maximum atomic E-state index is 14.7. The van der Waals surface area contributed by atoms with Crippen molar-refractivity contribution in [2.24, 2.45) is 0 Å². The highest BCUT2D eigenvalue weighted by Crippen LogP contribution is 2.29. The first-order chi connectivity index (χ1) is 15.5. The number of rotatable bonds is 7. The number of carbonyl (C=O) groups excluding carboxylic acids is 2. The second kappa shape index (κ2) is 9.91. The Hall–Kier alpha value is -3.26. The van der Waals surface area contributed by atoms with Gasteiger partial charge in [-0.05, 0) is 42.0 Å². The highest BCUT2D eigenvalue weighted by atomic mass is 32.1. The molecular formula is C24H23F2N3O2S. The van der Waals surface area contributed by atoms with Gasteiger partial charge < -0.3 is 15.5 Å². The van der Waals surface area contributed by atoms with Crippen LogP contribution in [0.4, 0.5) is 20.2 Å². The van der Waals surface area contributed by atoms with Crippen LogP contribution in [0.5, 0.6) is 0 Å². The van der Waals surface area contributed by atoms with Gasteiger partial charge in [-0.3, -0.25) is 9.59 Å². The summed E-state index contributed by atoms with van der Waals surface area (Å²) in [4.78, 5) is 27.7. The molecule has 1 saturated heterocycles. The van der Waals surface area contributed by atoms with Crippen molar-refractivity contribution in [1.82, 2.24) is 5.32 Å². The van der Waals surface area contributed by atoms with E-state index in [0.29, 0.717) is 18.0 Å². The van der Waals surface area contributed by atoms with E-state index in [0.717, 1.165) is 30.5 Å². The van der Waals surface area contributed by atoms with Crippen molar-refractivity contribution >= 4 is 34.5 Å². The number of carbonyl (C=O) groups is 2. The molecule has 32 heavy (non-hydrogen) atoms. The quantitative estimate of drug-likeness (QED) is 0.547. The molecular weight excluding hydrogens is 432 g/mol. The first kappa shape index (κ1) is 22.0. The monoisotopic (exact) mass is 455 g/mol. The van der Waals surface area contributed by atoms with Crippen LogP contribution in [0, 0.1) is 11.6 Å². The van der Waals surface area contributed by atoms with Gasteiger partial charge in [0.2, 0.25) is 5.91 Å². The average molecular weight is 456 g/mol. The van der Waals surface area contributed by atoms with Gasteiger partial charge in [0.1, 0.15) is 11.7 Å². The van der Waals surface area contributed by atoms with Crippen molar-refractivity contribution in [3.8, 4) is 0 Å². The molecule has 0 aliphatic carbocycles. The predicted molar refractivity (Wildman–Crippen MR) is 122 cm³/mol. The highest BCUT2D eigenvalue weighted by molar-refractivity contribution is 7.12. The lowest BCUT2D eigenvalue weighted by atomic mass is 10.0. The van der Waals surface area contributed by atoms with Crippen molar-refractivity contribution in [2.45, 2.75) is 25.3 Å². The summed E-state index contributed by atoms with van der Waals surface area (Å²) in [6.45, 7) is 1.21. The Morgan fingerprint density at radius 2 is 1.69 bits per heavy atom. The van der Waals surface area contributed by atoms with Gasteiger partial charge in [0.05, 0.1) is 4.88 Å². The van der Waals surface area contributed by atoms with Gasteiger partial charge in [0.15, 0.2) is 11.6 Å². The zero-order valence-corrected chi connectivity index (χ0v) is 18.1. The summed E-state index contributed by atoms with van der Waals surface area (Å²) in [7, 11) is 0. The van der Waals surface area contributed by atoms with E-state index in [2.05, 4.69) is 10.6 Å².